The Hall–Kier alpha value is -6.79. The van der Waals surface area contributed by atoms with Gasteiger partial charge in [0, 0.05) is 87.9 Å². The molecule has 598 valence electrons. The number of hydrogen-bond acceptors (Lipinski definition) is 13. The Morgan fingerprint density at radius 1 is 0.651 bits per heavy atom. The zero-order valence-electron chi connectivity index (χ0n) is 64.1. The van der Waals surface area contributed by atoms with Gasteiger partial charge in [0.05, 0.1) is 38.0 Å². The lowest BCUT2D eigenvalue weighted by atomic mass is 9.58. The number of nitrogens with one attached hydrogen (secondary N) is 3. The molecule has 3 heterocycles. The van der Waals surface area contributed by atoms with Crippen LogP contribution >= 0.6 is 11.6 Å². The minimum absolute atomic E-state index is 0.00670. The number of halogens is 7. The van der Waals surface area contributed by atoms with Crippen LogP contribution in [-0.4, -0.2) is 282 Å². The molecule has 12 atom stereocenters. The average Bonchev–Trinajstić information content (AvgIpc) is 0.809. The molecule has 12 amide bonds. The van der Waals surface area contributed by atoms with Gasteiger partial charge in [-0.3, -0.25) is 57.5 Å². The molecule has 0 radical (unpaired) electrons. The Labute approximate surface area is 624 Å². The lowest BCUT2D eigenvalue weighted by Crippen LogP contribution is -2.71. The summed E-state index contributed by atoms with van der Waals surface area (Å²) in [6, 6.07) is -12.2. The van der Waals surface area contributed by atoms with E-state index < -0.39 is 198 Å². The highest BCUT2D eigenvalue weighted by Gasteiger charge is 2.60. The van der Waals surface area contributed by atoms with Gasteiger partial charge in [-0.05, 0) is 119 Å². The molecule has 25 nitrogen and oxygen atoms in total. The summed E-state index contributed by atoms with van der Waals surface area (Å²) in [5.41, 5.74) is -2.80. The molecule has 4 aliphatic carbocycles. The topological polar surface area (TPSA) is 279 Å². The van der Waals surface area contributed by atoms with E-state index >= 15 is 41.9 Å². The second-order valence-corrected chi connectivity index (χ2v) is 32.8. The first-order valence-corrected chi connectivity index (χ1v) is 38.3. The molecular formula is C74H115ClF6N12O13. The van der Waals surface area contributed by atoms with Gasteiger partial charge < -0.3 is 64.8 Å². The van der Waals surface area contributed by atoms with Crippen molar-refractivity contribution in [1.82, 2.24) is 60.0 Å². The first-order chi connectivity index (χ1) is 49.5. The molecular weight excluding hydrogens is 1410 g/mol. The Morgan fingerprint density at radius 3 is 1.87 bits per heavy atom. The first kappa shape index (κ1) is 86.4. The van der Waals surface area contributed by atoms with Gasteiger partial charge in [-0.1, -0.05) is 84.8 Å². The van der Waals surface area contributed by atoms with Crippen LogP contribution in [0.4, 0.5) is 26.3 Å². The van der Waals surface area contributed by atoms with Gasteiger partial charge >= 0.3 is 12.4 Å². The standard InChI is InChI=1S/C74H115ClF6N12O13/c1-14-21-52-62(97)83-61(47-22-18-19-23-47)69(104)87(9)41-60(96)89(11)53-24-17-16-20-33-92(68(53)103)56(35-46-27-25-44(3)26-28-46)66(101)86(8)40-58(94)82-51(32-30-45-29-31-49(50(75)34-45)74(79,80)81)64(99)93-39-48(106-15-2)36-54(93)63(98)84-72(42-71(4,5)43-72)70(105)91(13)57(38-73(76,77)78)67(102)90(12)55(65(100)85(6)7)37-59(95)88(52)10/h16-17,44-57,61H,14-15,18-43H2,1-13H3,(H,82,94)(H,83,97)(H,84,98)/b17-16-/t44?,45?,46?,48-,49?,50?,51+,52+,53+,54+,55+,56+,57+,61+/m1/s1. The van der Waals surface area contributed by atoms with E-state index in [9.17, 15) is 41.9 Å². The van der Waals surface area contributed by atoms with Crippen LogP contribution in [-0.2, 0) is 62.3 Å². The summed E-state index contributed by atoms with van der Waals surface area (Å²) in [5.74, 6) is -12.7. The molecule has 4 saturated carbocycles. The molecule has 3 unspecified atom stereocenters. The van der Waals surface area contributed by atoms with E-state index in [0.717, 1.165) is 64.3 Å². The Morgan fingerprint density at radius 2 is 1.28 bits per heavy atom. The van der Waals surface area contributed by atoms with E-state index in [4.69, 9.17) is 16.3 Å². The predicted molar refractivity (Wildman–Crippen MR) is 381 cm³/mol. The normalized spacial score (nSPS) is 31.8. The number of ether oxygens (including phenoxy) is 1. The summed E-state index contributed by atoms with van der Waals surface area (Å²) in [5, 5.41) is 7.13. The number of hydrogen-bond donors (Lipinski definition) is 3. The van der Waals surface area contributed by atoms with Gasteiger partial charge in [0.15, 0.2) is 0 Å². The molecule has 2 bridgehead atoms. The highest BCUT2D eigenvalue weighted by Crippen LogP contribution is 2.50. The van der Waals surface area contributed by atoms with Gasteiger partial charge in [-0.15, -0.1) is 11.6 Å². The second kappa shape index (κ2) is 36.6. The van der Waals surface area contributed by atoms with Crippen molar-refractivity contribution in [2.45, 2.75) is 260 Å². The third-order valence-electron chi connectivity index (χ3n) is 23.3. The van der Waals surface area contributed by atoms with Gasteiger partial charge in [0.2, 0.25) is 70.9 Å². The minimum Gasteiger partial charge on any atom is -0.377 e. The van der Waals surface area contributed by atoms with Crippen molar-refractivity contribution < 1.29 is 88.6 Å². The molecule has 2 saturated heterocycles. The number of fused-ring (bicyclic) bond motifs is 3. The number of rotatable bonds is 12. The molecule has 3 aliphatic heterocycles. The van der Waals surface area contributed by atoms with Crippen molar-refractivity contribution in [3.8, 4) is 0 Å². The van der Waals surface area contributed by atoms with E-state index in [-0.39, 0.29) is 96.2 Å². The minimum atomic E-state index is -5.16. The van der Waals surface area contributed by atoms with Gasteiger partial charge in [-0.25, -0.2) is 0 Å². The summed E-state index contributed by atoms with van der Waals surface area (Å²) in [6.45, 7) is 7.59. The number of carbonyl (C=O) groups is 12. The average molecular weight is 1530 g/mol. The van der Waals surface area contributed by atoms with Gasteiger partial charge in [0.25, 0.3) is 0 Å². The highest BCUT2D eigenvalue weighted by atomic mass is 35.5. The Kier molecular flexibility index (Phi) is 29.9. The zero-order valence-corrected chi connectivity index (χ0v) is 64.8. The van der Waals surface area contributed by atoms with Crippen LogP contribution in [0.2, 0.25) is 0 Å². The first-order valence-electron chi connectivity index (χ1n) is 37.9. The van der Waals surface area contributed by atoms with Gasteiger partial charge in [-0.2, -0.15) is 26.3 Å². The predicted octanol–water partition coefficient (Wildman–Crippen LogP) is 6.43. The van der Waals surface area contributed by atoms with Crippen molar-refractivity contribution in [3.63, 3.8) is 0 Å². The fraction of sp³-hybridized carbons (Fsp3) is 0.811. The molecule has 1 spiro atoms. The molecule has 6 fully saturated rings. The van der Waals surface area contributed by atoms with E-state index in [0.29, 0.717) is 54.2 Å². The monoisotopic (exact) mass is 1530 g/mol. The third-order valence-corrected chi connectivity index (χ3v) is 23.8. The van der Waals surface area contributed by atoms with E-state index in [1.807, 2.05) is 6.08 Å². The van der Waals surface area contributed by atoms with Crippen molar-refractivity contribution in [2.75, 3.05) is 89.2 Å². The van der Waals surface area contributed by atoms with Crippen LogP contribution in [0.5, 0.6) is 0 Å². The quantitative estimate of drug-likeness (QED) is 0.108. The molecule has 106 heavy (non-hydrogen) atoms. The number of nitrogens with zero attached hydrogens (tertiary/aromatic N) is 9. The summed E-state index contributed by atoms with van der Waals surface area (Å²) < 4.78 is 93.5. The fourth-order valence-electron chi connectivity index (χ4n) is 17.3. The molecule has 7 aliphatic rings. The van der Waals surface area contributed by atoms with Crippen LogP contribution in [0.25, 0.3) is 0 Å². The van der Waals surface area contributed by atoms with Crippen LogP contribution < -0.4 is 16.0 Å². The number of amides is 12. The van der Waals surface area contributed by atoms with Crippen molar-refractivity contribution >= 4 is 82.5 Å². The largest absolute Gasteiger partial charge is 0.393 e. The smallest absolute Gasteiger partial charge is 0.377 e. The number of alkyl halides is 7. The van der Waals surface area contributed by atoms with Crippen LogP contribution in [0.1, 0.15) is 182 Å². The van der Waals surface area contributed by atoms with E-state index in [1.165, 1.54) is 52.1 Å². The third kappa shape index (κ3) is 21.6. The van der Waals surface area contributed by atoms with E-state index in [1.54, 1.807) is 33.8 Å². The molecule has 0 aromatic heterocycles. The summed E-state index contributed by atoms with van der Waals surface area (Å²) in [6.07, 6.45) is -4.50. The highest BCUT2D eigenvalue weighted by molar-refractivity contribution is 6.21. The second-order valence-electron chi connectivity index (χ2n) is 32.3. The van der Waals surface area contributed by atoms with Crippen LogP contribution in [0, 0.1) is 35.0 Å². The molecule has 3 N–H and O–H groups in total. The fourth-order valence-corrected chi connectivity index (χ4v) is 17.8. The molecule has 32 heteroatoms. The lowest BCUT2D eigenvalue weighted by Gasteiger charge is -2.54. The summed E-state index contributed by atoms with van der Waals surface area (Å²) in [7, 11) is 9.98. The van der Waals surface area contributed by atoms with Crippen LogP contribution in [0.3, 0.4) is 0 Å². The van der Waals surface area contributed by atoms with Crippen molar-refractivity contribution in [1.29, 1.82) is 0 Å². The van der Waals surface area contributed by atoms with Crippen molar-refractivity contribution in [2.24, 2.45) is 35.0 Å². The number of carbonyl (C=O) groups excluding carboxylic acids is 12. The lowest BCUT2D eigenvalue weighted by molar-refractivity contribution is -0.182. The molecule has 0 aromatic carbocycles. The summed E-state index contributed by atoms with van der Waals surface area (Å²) in [4.78, 5) is 190. The maximum Gasteiger partial charge on any atom is 0.393 e. The van der Waals surface area contributed by atoms with Crippen LogP contribution in [0.15, 0.2) is 12.2 Å². The molecule has 0 aromatic rings. The molecule has 7 rings (SSSR count). The van der Waals surface area contributed by atoms with E-state index in [2.05, 4.69) is 22.9 Å². The maximum absolute atomic E-state index is 15.6. The number of likely N-dealkylation sites (N-methyl/N-ethyl adjacent to an activating group) is 7. The summed E-state index contributed by atoms with van der Waals surface area (Å²) >= 11 is 6.42. The Bertz CT molecular complexity index is 3190. The SMILES string of the molecule is CCC[C@H]1C(=O)N[C@@H](C2CCCC2)C(=O)N(C)CC(=O)N(C)[C@H]2C/C=C\CCN(C2=O)[C@@H](CC2CCC(C)CC2)C(=O)N(C)CC(=O)N[C@@H](CCC2CCC(C(F)(F)F)C(Cl)C2)C(=O)N2C[C@H](OCC)C[C@H]2C(=O)NC2(CC(C)(C)C2)C(=O)N(C)[C@@H](CC(F)(F)F)C(=O)N(C)[C@H](C(=O)N(C)C)CC(=O)N1C. The van der Waals surface area contributed by atoms with Crippen molar-refractivity contribution in [3.05, 3.63) is 12.2 Å². The zero-order chi connectivity index (χ0) is 78.8. The van der Waals surface area contributed by atoms with Gasteiger partial charge in [0.1, 0.15) is 53.9 Å². The maximum atomic E-state index is 15.6. The Balaban J connectivity index is 1.33.